The average molecular weight is 424 g/mol. The maximum Gasteiger partial charge on any atom is 0.0502 e. The van der Waals surface area contributed by atoms with E-state index in [2.05, 4.69) is 87.7 Å². The molecule has 0 saturated carbocycles. The minimum absolute atomic E-state index is 1.04. The lowest BCUT2D eigenvalue weighted by Crippen LogP contribution is -2.16. The number of rotatable bonds is 1. The molecule has 0 unspecified atom stereocenters. The number of hydrogen-bond donors (Lipinski definition) is 1. The summed E-state index contributed by atoms with van der Waals surface area (Å²) in [7, 11) is 0. The van der Waals surface area contributed by atoms with E-state index in [9.17, 15) is 0 Å². The van der Waals surface area contributed by atoms with Gasteiger partial charge in [-0.1, -0.05) is 20.1 Å². The van der Waals surface area contributed by atoms with E-state index in [1.54, 1.807) is 0 Å². The van der Waals surface area contributed by atoms with Gasteiger partial charge in [0, 0.05) is 16.8 Å². The summed E-state index contributed by atoms with van der Waals surface area (Å²) in [6.07, 6.45) is 1.04. The van der Waals surface area contributed by atoms with Crippen molar-refractivity contribution in [3.05, 3.63) is 91.2 Å². The summed E-state index contributed by atoms with van der Waals surface area (Å²) in [5.41, 5.74) is 23.4. The lowest BCUT2D eigenvalue weighted by Gasteiger charge is -2.31. The van der Waals surface area contributed by atoms with Crippen molar-refractivity contribution in [3.8, 4) is 0 Å². The summed E-state index contributed by atoms with van der Waals surface area (Å²) in [5, 5.41) is 3.87. The van der Waals surface area contributed by atoms with Gasteiger partial charge in [0.05, 0.1) is 5.70 Å². The molecule has 1 N–H and O–H groups in total. The number of allylic oxidation sites excluding steroid dienone is 5. The number of fused-ring (bicyclic) bond motifs is 2. The van der Waals surface area contributed by atoms with Crippen LogP contribution in [0.5, 0.6) is 0 Å². The minimum Gasteiger partial charge on any atom is -0.354 e. The van der Waals surface area contributed by atoms with Crippen LogP contribution in [0.2, 0.25) is 0 Å². The van der Waals surface area contributed by atoms with Gasteiger partial charge in [-0.3, -0.25) is 0 Å². The van der Waals surface area contributed by atoms with E-state index in [1.165, 1.54) is 89.3 Å². The van der Waals surface area contributed by atoms with E-state index in [1.807, 2.05) is 0 Å². The van der Waals surface area contributed by atoms with Crippen LogP contribution in [0, 0.1) is 48.5 Å². The number of hydrogen-bond acceptors (Lipinski definition) is 1. The molecule has 1 aliphatic carbocycles. The zero-order chi connectivity index (χ0) is 23.8. The fraction of sp³-hybridized carbons (Fsp3) is 0.355. The maximum absolute atomic E-state index is 4.62. The van der Waals surface area contributed by atoms with Gasteiger partial charge in [-0.05, 0) is 147 Å². The molecule has 0 spiro atoms. The summed E-state index contributed by atoms with van der Waals surface area (Å²) >= 11 is 0. The summed E-state index contributed by atoms with van der Waals surface area (Å²) < 4.78 is 0. The number of nitrogens with one attached hydrogen (secondary N) is 1. The van der Waals surface area contributed by atoms with E-state index in [0.717, 1.165) is 17.6 Å². The monoisotopic (exact) mass is 423 g/mol. The molecule has 166 valence electrons. The molecule has 1 aliphatic heterocycles. The molecule has 2 aliphatic rings. The lowest BCUT2D eigenvalue weighted by molar-refractivity contribution is 1.06. The van der Waals surface area contributed by atoms with Crippen LogP contribution in [0.15, 0.2) is 30.0 Å². The first-order valence-electron chi connectivity index (χ1n) is 11.8. The van der Waals surface area contributed by atoms with E-state index in [0.29, 0.717) is 0 Å². The smallest absolute Gasteiger partial charge is 0.0502 e. The second-order valence-corrected chi connectivity index (χ2v) is 9.79. The van der Waals surface area contributed by atoms with Crippen molar-refractivity contribution in [1.82, 2.24) is 0 Å². The van der Waals surface area contributed by atoms with Gasteiger partial charge in [0.15, 0.2) is 0 Å². The molecule has 0 amide bonds. The highest BCUT2D eigenvalue weighted by Gasteiger charge is 2.34. The molecule has 0 bridgehead atoms. The first-order valence-corrected chi connectivity index (χ1v) is 11.8. The molecule has 0 radical (unpaired) electrons. The van der Waals surface area contributed by atoms with E-state index < -0.39 is 0 Å². The van der Waals surface area contributed by atoms with Crippen molar-refractivity contribution < 1.29 is 0 Å². The van der Waals surface area contributed by atoms with Crippen LogP contribution >= 0.6 is 0 Å². The Morgan fingerprint density at radius 2 is 1.06 bits per heavy atom. The van der Waals surface area contributed by atoms with E-state index in [-0.39, 0.29) is 0 Å². The normalized spacial score (nSPS) is 17.7. The third-order valence-electron chi connectivity index (χ3n) is 8.53. The van der Waals surface area contributed by atoms with Gasteiger partial charge in [-0.2, -0.15) is 0 Å². The highest BCUT2D eigenvalue weighted by atomic mass is 14.9. The van der Waals surface area contributed by atoms with Crippen molar-refractivity contribution in [2.45, 2.75) is 75.7 Å². The fourth-order valence-corrected chi connectivity index (χ4v) is 6.02. The topological polar surface area (TPSA) is 12.0 Å². The molecule has 32 heavy (non-hydrogen) atoms. The molecule has 0 atom stereocenters. The second-order valence-electron chi connectivity index (χ2n) is 9.79. The van der Waals surface area contributed by atoms with E-state index in [4.69, 9.17) is 0 Å². The minimum atomic E-state index is 1.04. The molecular formula is C31H37N. The predicted molar refractivity (Wildman–Crippen MR) is 142 cm³/mol. The summed E-state index contributed by atoms with van der Waals surface area (Å²) in [5.74, 6) is 0. The Kier molecular flexibility index (Phi) is 5.16. The Morgan fingerprint density at radius 1 is 0.562 bits per heavy atom. The quantitative estimate of drug-likeness (QED) is 0.484. The van der Waals surface area contributed by atoms with Crippen LogP contribution in [0.25, 0.3) is 16.7 Å². The van der Waals surface area contributed by atoms with Crippen molar-refractivity contribution in [3.63, 3.8) is 0 Å². The molecule has 2 aromatic rings. The zero-order valence-electron chi connectivity index (χ0n) is 21.6. The largest absolute Gasteiger partial charge is 0.354 e. The molecule has 1 nitrogen and oxygen atoms in total. The maximum atomic E-state index is 4.62. The van der Waals surface area contributed by atoms with Crippen LogP contribution in [0.3, 0.4) is 0 Å². The SMILES string of the molecule is C=C1/C(=C2\Nc3c(C)c(C)c(C)c(C)c3C(C)=C2C)C(=C)c2c(C)c(CC)c(C)c(C)c21. The average Bonchev–Trinajstić information content (AvgIpc) is 3.02. The first-order chi connectivity index (χ1) is 14.9. The Labute approximate surface area is 194 Å². The Morgan fingerprint density at radius 3 is 1.62 bits per heavy atom. The van der Waals surface area contributed by atoms with Crippen molar-refractivity contribution in [1.29, 1.82) is 0 Å². The van der Waals surface area contributed by atoms with Crippen LogP contribution in [0.1, 0.15) is 82.0 Å². The van der Waals surface area contributed by atoms with Gasteiger partial charge in [0.2, 0.25) is 0 Å². The molecule has 1 heterocycles. The van der Waals surface area contributed by atoms with Gasteiger partial charge < -0.3 is 5.32 Å². The van der Waals surface area contributed by atoms with Crippen LogP contribution in [-0.4, -0.2) is 0 Å². The molecule has 1 heteroatoms. The number of anilines is 1. The van der Waals surface area contributed by atoms with Gasteiger partial charge in [-0.25, -0.2) is 0 Å². The number of benzene rings is 2. The molecule has 0 saturated heterocycles. The molecule has 2 aromatic carbocycles. The van der Waals surface area contributed by atoms with Crippen molar-refractivity contribution in [2.75, 3.05) is 5.32 Å². The molecule has 0 fully saturated rings. The first kappa shape index (κ1) is 22.4. The standard InChI is InChI=1S/C31H37N/c1-13-25-16(4)18(6)26-23(11)29(24(12)27(26)22(25)10)31-21(9)19(7)28-17(5)14(2)15(3)20(8)30(28)32-31/h32H,11-13H2,1-10H3/b31-29+. The predicted octanol–water partition coefficient (Wildman–Crippen LogP) is 8.62. The van der Waals surface area contributed by atoms with Gasteiger partial charge in [-0.15, -0.1) is 0 Å². The molecule has 0 aromatic heterocycles. The Hall–Kier alpha value is -2.80. The van der Waals surface area contributed by atoms with Crippen molar-refractivity contribution >= 4 is 22.4 Å². The van der Waals surface area contributed by atoms with Gasteiger partial charge >= 0.3 is 0 Å². The van der Waals surface area contributed by atoms with Crippen LogP contribution in [-0.2, 0) is 6.42 Å². The fourth-order valence-electron chi connectivity index (χ4n) is 6.02. The summed E-state index contributed by atoms with van der Waals surface area (Å²) in [6, 6.07) is 0. The Balaban J connectivity index is 2.04. The highest BCUT2D eigenvalue weighted by molar-refractivity contribution is 6.11. The molecule has 4 rings (SSSR count). The lowest BCUT2D eigenvalue weighted by atomic mass is 9.83. The second kappa shape index (κ2) is 7.37. The van der Waals surface area contributed by atoms with Crippen molar-refractivity contribution in [2.24, 2.45) is 0 Å². The van der Waals surface area contributed by atoms with Crippen LogP contribution < -0.4 is 5.32 Å². The Bertz CT molecular complexity index is 1320. The zero-order valence-corrected chi connectivity index (χ0v) is 21.6. The van der Waals surface area contributed by atoms with Gasteiger partial charge in [0.1, 0.15) is 0 Å². The summed E-state index contributed by atoms with van der Waals surface area (Å²) in [4.78, 5) is 0. The van der Waals surface area contributed by atoms with Crippen LogP contribution in [0.4, 0.5) is 5.69 Å². The summed E-state index contributed by atoms with van der Waals surface area (Å²) in [6.45, 7) is 31.7. The van der Waals surface area contributed by atoms with E-state index >= 15 is 0 Å². The third-order valence-corrected chi connectivity index (χ3v) is 8.53. The highest BCUT2D eigenvalue weighted by Crippen LogP contribution is 2.52. The van der Waals surface area contributed by atoms with Gasteiger partial charge in [0.25, 0.3) is 0 Å². The third kappa shape index (κ3) is 2.70. The molecular weight excluding hydrogens is 386 g/mol.